The molecule has 1 aromatic heterocycles. The number of carbonyl (C=O) groups is 3. The van der Waals surface area contributed by atoms with Crippen LogP contribution in [0.3, 0.4) is 0 Å². The van der Waals surface area contributed by atoms with E-state index < -0.39 is 11.2 Å². The zero-order valence-corrected chi connectivity index (χ0v) is 24.5. The predicted molar refractivity (Wildman–Crippen MR) is 158 cm³/mol. The molecule has 2 aromatic carbocycles. The van der Waals surface area contributed by atoms with E-state index in [1.165, 1.54) is 23.1 Å². The minimum absolute atomic E-state index is 0.0435. The largest absolute Gasteiger partial charge is 0.462 e. The third-order valence-corrected chi connectivity index (χ3v) is 7.87. The Morgan fingerprint density at radius 1 is 1.03 bits per heavy atom. The first-order chi connectivity index (χ1) is 18.0. The third kappa shape index (κ3) is 8.20. The number of rotatable bonds is 10. The lowest BCUT2D eigenvalue weighted by Gasteiger charge is -2.18. The van der Waals surface area contributed by atoms with Gasteiger partial charge in [0.15, 0.2) is 0 Å². The van der Waals surface area contributed by atoms with Gasteiger partial charge < -0.3 is 15.4 Å². The Hall–Kier alpha value is -3.10. The first-order valence-electron chi connectivity index (χ1n) is 12.7. The van der Waals surface area contributed by atoms with Crippen molar-refractivity contribution in [2.45, 2.75) is 64.5 Å². The first kappa shape index (κ1) is 29.5. The van der Waals surface area contributed by atoms with Crippen LogP contribution in [0.1, 0.15) is 63.4 Å². The summed E-state index contributed by atoms with van der Waals surface area (Å²) in [4.78, 5) is 39.5. The molecule has 2 N–H and O–H groups in total. The number of hydrogen-bond donors (Lipinski definition) is 2. The highest BCUT2D eigenvalue weighted by molar-refractivity contribution is 8.00. The summed E-state index contributed by atoms with van der Waals surface area (Å²) in [6.07, 6.45) is 1.00. The quantitative estimate of drug-likeness (QED) is 0.198. The van der Waals surface area contributed by atoms with E-state index in [9.17, 15) is 14.4 Å². The van der Waals surface area contributed by atoms with E-state index in [4.69, 9.17) is 4.74 Å². The zero-order chi connectivity index (χ0) is 27.9. The second-order valence-electron chi connectivity index (χ2n) is 10.3. The molecule has 6 nitrogen and oxygen atoms in total. The van der Waals surface area contributed by atoms with Crippen LogP contribution < -0.4 is 10.6 Å². The summed E-state index contributed by atoms with van der Waals surface area (Å²) in [7, 11) is 0. The Morgan fingerprint density at radius 2 is 1.74 bits per heavy atom. The van der Waals surface area contributed by atoms with Gasteiger partial charge in [0.1, 0.15) is 10.6 Å². The van der Waals surface area contributed by atoms with Crippen LogP contribution >= 0.6 is 23.1 Å². The molecule has 0 saturated carbocycles. The van der Waals surface area contributed by atoms with Crippen LogP contribution in [0.5, 0.6) is 0 Å². The molecule has 3 aromatic rings. The topological polar surface area (TPSA) is 84.5 Å². The van der Waals surface area contributed by atoms with Gasteiger partial charge in [0.25, 0.3) is 0 Å². The summed E-state index contributed by atoms with van der Waals surface area (Å²) >= 11 is 2.74. The summed E-state index contributed by atoms with van der Waals surface area (Å²) < 4.78 is 5.33. The predicted octanol–water partition coefficient (Wildman–Crippen LogP) is 7.78. The Bertz CT molecular complexity index is 1280. The Morgan fingerprint density at radius 3 is 2.37 bits per heavy atom. The number of ether oxygens (including phenoxy) is 1. The van der Waals surface area contributed by atoms with Crippen LogP contribution in [0.4, 0.5) is 10.7 Å². The van der Waals surface area contributed by atoms with Gasteiger partial charge >= 0.3 is 5.97 Å². The maximum absolute atomic E-state index is 13.3. The van der Waals surface area contributed by atoms with Crippen molar-refractivity contribution in [1.82, 2.24) is 0 Å². The second kappa shape index (κ2) is 13.1. The molecule has 0 fully saturated rings. The fourth-order valence-electron chi connectivity index (χ4n) is 3.81. The highest BCUT2D eigenvalue weighted by Gasteiger charge is 2.26. The van der Waals surface area contributed by atoms with Gasteiger partial charge in [0.2, 0.25) is 11.8 Å². The molecule has 3 rings (SSSR count). The average Bonchev–Trinajstić information content (AvgIpc) is 3.25. The number of hydrogen-bond acceptors (Lipinski definition) is 6. The molecule has 0 bridgehead atoms. The van der Waals surface area contributed by atoms with Crippen LogP contribution in [0.2, 0.25) is 0 Å². The highest BCUT2D eigenvalue weighted by Crippen LogP contribution is 2.37. The number of carbonyl (C=O) groups excluding carboxylic acids is 3. The van der Waals surface area contributed by atoms with Gasteiger partial charge in [-0.1, -0.05) is 63.6 Å². The van der Waals surface area contributed by atoms with Crippen molar-refractivity contribution in [3.05, 3.63) is 65.0 Å². The number of amides is 2. The van der Waals surface area contributed by atoms with E-state index in [0.29, 0.717) is 29.1 Å². The number of thioether (sulfide) groups is 1. The summed E-state index contributed by atoms with van der Waals surface area (Å²) in [5.41, 5.74) is 3.72. The molecule has 0 aliphatic heterocycles. The van der Waals surface area contributed by atoms with E-state index in [-0.39, 0.29) is 23.8 Å². The fourth-order valence-corrected chi connectivity index (χ4v) is 5.79. The summed E-state index contributed by atoms with van der Waals surface area (Å²) in [6, 6.07) is 15.4. The van der Waals surface area contributed by atoms with Gasteiger partial charge in [-0.3, -0.25) is 9.59 Å². The van der Waals surface area contributed by atoms with E-state index >= 15 is 0 Å². The minimum Gasteiger partial charge on any atom is -0.462 e. The maximum atomic E-state index is 13.3. The SMILES string of the molecule is CCOC(=O)c1c(-c2ccc(C)cc2)csc1NC(=O)C(CC)Sc1cccc(NC(=O)CC(C)(C)C)c1. The van der Waals surface area contributed by atoms with E-state index in [0.717, 1.165) is 21.6 Å². The molecule has 202 valence electrons. The molecule has 2 amide bonds. The molecule has 1 unspecified atom stereocenters. The molecule has 0 saturated heterocycles. The summed E-state index contributed by atoms with van der Waals surface area (Å²) in [5, 5.41) is 7.90. The Balaban J connectivity index is 1.78. The lowest BCUT2D eigenvalue weighted by molar-refractivity contribution is -0.118. The van der Waals surface area contributed by atoms with E-state index in [1.54, 1.807) is 6.92 Å². The molecule has 8 heteroatoms. The Labute approximate surface area is 233 Å². The van der Waals surface area contributed by atoms with Crippen LogP contribution in [-0.2, 0) is 14.3 Å². The van der Waals surface area contributed by atoms with Crippen molar-refractivity contribution in [3.63, 3.8) is 0 Å². The Kier molecular flexibility index (Phi) is 10.2. The molecule has 1 heterocycles. The monoisotopic (exact) mass is 552 g/mol. The minimum atomic E-state index is -0.459. The number of esters is 1. The van der Waals surface area contributed by atoms with Crippen molar-refractivity contribution >= 4 is 51.6 Å². The van der Waals surface area contributed by atoms with E-state index in [2.05, 4.69) is 10.6 Å². The lowest BCUT2D eigenvalue weighted by atomic mass is 9.92. The maximum Gasteiger partial charge on any atom is 0.341 e. The third-order valence-electron chi connectivity index (χ3n) is 5.62. The number of nitrogens with one attached hydrogen (secondary N) is 2. The smallest absolute Gasteiger partial charge is 0.341 e. The fraction of sp³-hybridized carbons (Fsp3) is 0.367. The molecule has 0 spiro atoms. The second-order valence-corrected chi connectivity index (χ2v) is 12.4. The van der Waals surface area contributed by atoms with Gasteiger partial charge in [0, 0.05) is 27.9 Å². The number of aryl methyl sites for hydroxylation is 1. The van der Waals surface area contributed by atoms with Crippen LogP contribution in [0.15, 0.2) is 58.8 Å². The summed E-state index contributed by atoms with van der Waals surface area (Å²) in [5.74, 6) is -0.695. The molecule has 0 aliphatic rings. The van der Waals surface area contributed by atoms with Crippen molar-refractivity contribution in [3.8, 4) is 11.1 Å². The first-order valence-corrected chi connectivity index (χ1v) is 14.5. The molecular weight excluding hydrogens is 516 g/mol. The van der Waals surface area contributed by atoms with Crippen molar-refractivity contribution in [2.75, 3.05) is 17.2 Å². The molecule has 0 aliphatic carbocycles. The van der Waals surface area contributed by atoms with E-state index in [1.807, 2.05) is 88.5 Å². The van der Waals surface area contributed by atoms with Crippen LogP contribution in [-0.4, -0.2) is 29.6 Å². The number of thiophene rings is 1. The van der Waals surface area contributed by atoms with Crippen molar-refractivity contribution < 1.29 is 19.1 Å². The van der Waals surface area contributed by atoms with Gasteiger partial charge in [-0.05, 0) is 49.4 Å². The van der Waals surface area contributed by atoms with Gasteiger partial charge in [0.05, 0.1) is 11.9 Å². The molecule has 38 heavy (non-hydrogen) atoms. The van der Waals surface area contributed by atoms with Gasteiger partial charge in [-0.15, -0.1) is 23.1 Å². The zero-order valence-electron chi connectivity index (χ0n) is 22.8. The highest BCUT2D eigenvalue weighted by atomic mass is 32.2. The number of anilines is 2. The molecular formula is C30H36N2O4S2. The molecule has 0 radical (unpaired) electrons. The van der Waals surface area contributed by atoms with Gasteiger partial charge in [-0.25, -0.2) is 4.79 Å². The normalized spacial score (nSPS) is 12.1. The average molecular weight is 553 g/mol. The summed E-state index contributed by atoms with van der Waals surface area (Å²) in [6.45, 7) is 12.0. The van der Waals surface area contributed by atoms with Crippen LogP contribution in [0, 0.1) is 12.3 Å². The number of benzene rings is 2. The molecule has 1 atom stereocenters. The van der Waals surface area contributed by atoms with Gasteiger partial charge in [-0.2, -0.15) is 0 Å². The lowest BCUT2D eigenvalue weighted by Crippen LogP contribution is -2.25. The van der Waals surface area contributed by atoms with Crippen LogP contribution in [0.25, 0.3) is 11.1 Å². The standard InChI is InChI=1S/C30H36N2O4S2/c1-7-24(38-22-11-9-10-21(16-22)31-25(33)17-30(4,5)6)27(34)32-28-26(29(35)36-8-2)23(18-37-28)20-14-12-19(3)13-15-20/h9-16,18,24H,7-8,17H2,1-6H3,(H,31,33)(H,32,34). The van der Waals surface area contributed by atoms with Crippen molar-refractivity contribution in [2.24, 2.45) is 5.41 Å². The van der Waals surface area contributed by atoms with Crippen molar-refractivity contribution in [1.29, 1.82) is 0 Å².